The monoisotopic (exact) mass is 309 g/mol. The van der Waals surface area contributed by atoms with Crippen LogP contribution in [0.25, 0.3) is 0 Å². The summed E-state index contributed by atoms with van der Waals surface area (Å²) in [4.78, 5) is 0. The Labute approximate surface area is 115 Å². The molecule has 2 rings (SSSR count). The standard InChI is InChI=1S/C14H16BrNS/c1-10-4-3-5-13(6-10)11(2)16-8-12-7-14(15)17-9-12/h3-7,9,11,16H,8H2,1-2H3/t11-/m1/s1. The molecule has 17 heavy (non-hydrogen) atoms. The van der Waals surface area contributed by atoms with Crippen molar-refractivity contribution in [2.75, 3.05) is 0 Å². The molecule has 1 aromatic heterocycles. The average Bonchev–Trinajstić information content (AvgIpc) is 2.72. The van der Waals surface area contributed by atoms with E-state index in [-0.39, 0.29) is 0 Å². The van der Waals surface area contributed by atoms with Crippen LogP contribution < -0.4 is 5.32 Å². The molecule has 1 heterocycles. The molecule has 0 aliphatic heterocycles. The van der Waals surface area contributed by atoms with Gasteiger partial charge in [-0.3, -0.25) is 0 Å². The summed E-state index contributed by atoms with van der Waals surface area (Å²) in [5.74, 6) is 0. The Balaban J connectivity index is 1.95. The van der Waals surface area contributed by atoms with Crippen LogP contribution in [-0.4, -0.2) is 0 Å². The van der Waals surface area contributed by atoms with Crippen LogP contribution in [0.5, 0.6) is 0 Å². The third-order valence-electron chi connectivity index (χ3n) is 2.78. The molecule has 0 saturated carbocycles. The van der Waals surface area contributed by atoms with Crippen LogP contribution in [-0.2, 0) is 6.54 Å². The molecule has 1 atom stereocenters. The van der Waals surface area contributed by atoms with Gasteiger partial charge in [0.05, 0.1) is 3.79 Å². The second kappa shape index (κ2) is 5.80. The van der Waals surface area contributed by atoms with Crippen molar-refractivity contribution in [3.05, 3.63) is 56.2 Å². The average molecular weight is 310 g/mol. The van der Waals surface area contributed by atoms with Crippen LogP contribution in [0.3, 0.4) is 0 Å². The van der Waals surface area contributed by atoms with Gasteiger partial charge in [-0.05, 0) is 52.4 Å². The van der Waals surface area contributed by atoms with E-state index in [1.807, 2.05) is 0 Å². The van der Waals surface area contributed by atoms with Crippen molar-refractivity contribution in [1.29, 1.82) is 0 Å². The van der Waals surface area contributed by atoms with Crippen LogP contribution in [0.1, 0.15) is 29.7 Å². The minimum Gasteiger partial charge on any atom is -0.306 e. The highest BCUT2D eigenvalue weighted by molar-refractivity contribution is 9.11. The number of hydrogen-bond acceptors (Lipinski definition) is 2. The van der Waals surface area contributed by atoms with Gasteiger partial charge in [0.1, 0.15) is 0 Å². The van der Waals surface area contributed by atoms with Crippen molar-refractivity contribution < 1.29 is 0 Å². The predicted molar refractivity (Wildman–Crippen MR) is 78.5 cm³/mol. The van der Waals surface area contributed by atoms with Crippen molar-refractivity contribution in [2.24, 2.45) is 0 Å². The lowest BCUT2D eigenvalue weighted by molar-refractivity contribution is 0.575. The molecule has 1 aromatic carbocycles. The summed E-state index contributed by atoms with van der Waals surface area (Å²) in [6, 6.07) is 11.2. The van der Waals surface area contributed by atoms with Gasteiger partial charge in [0.2, 0.25) is 0 Å². The normalized spacial score (nSPS) is 12.6. The van der Waals surface area contributed by atoms with Crippen LogP contribution in [0.15, 0.2) is 39.5 Å². The Morgan fingerprint density at radius 2 is 2.18 bits per heavy atom. The zero-order valence-electron chi connectivity index (χ0n) is 10.0. The lowest BCUT2D eigenvalue weighted by Crippen LogP contribution is -2.17. The molecule has 0 saturated heterocycles. The maximum Gasteiger partial charge on any atom is 0.0701 e. The van der Waals surface area contributed by atoms with Gasteiger partial charge in [-0.15, -0.1) is 11.3 Å². The Morgan fingerprint density at radius 3 is 2.82 bits per heavy atom. The molecule has 1 N–H and O–H groups in total. The molecule has 0 amide bonds. The number of aryl methyl sites for hydroxylation is 1. The van der Waals surface area contributed by atoms with Gasteiger partial charge in [0, 0.05) is 12.6 Å². The van der Waals surface area contributed by atoms with Crippen LogP contribution in [0, 0.1) is 6.92 Å². The molecule has 3 heteroatoms. The molecular weight excluding hydrogens is 294 g/mol. The largest absolute Gasteiger partial charge is 0.306 e. The minimum absolute atomic E-state index is 0.383. The van der Waals surface area contributed by atoms with Gasteiger partial charge in [-0.1, -0.05) is 29.8 Å². The predicted octanol–water partition coefficient (Wildman–Crippen LogP) is 4.67. The molecular formula is C14H16BrNS. The summed E-state index contributed by atoms with van der Waals surface area (Å²) in [5, 5.41) is 5.72. The van der Waals surface area contributed by atoms with Gasteiger partial charge in [-0.2, -0.15) is 0 Å². The van der Waals surface area contributed by atoms with E-state index >= 15 is 0 Å². The third kappa shape index (κ3) is 3.66. The SMILES string of the molecule is Cc1cccc([C@@H](C)NCc2csc(Br)c2)c1. The molecule has 0 bridgehead atoms. The summed E-state index contributed by atoms with van der Waals surface area (Å²) in [5.41, 5.74) is 4.00. The summed E-state index contributed by atoms with van der Waals surface area (Å²) in [6.07, 6.45) is 0. The molecule has 0 fully saturated rings. The highest BCUT2D eigenvalue weighted by Crippen LogP contribution is 2.21. The van der Waals surface area contributed by atoms with E-state index in [0.717, 1.165) is 6.54 Å². The molecule has 0 aliphatic carbocycles. The number of benzene rings is 1. The van der Waals surface area contributed by atoms with E-state index in [2.05, 4.69) is 70.8 Å². The summed E-state index contributed by atoms with van der Waals surface area (Å²) < 4.78 is 1.19. The maximum atomic E-state index is 3.54. The number of rotatable bonds is 4. The molecule has 0 unspecified atom stereocenters. The minimum atomic E-state index is 0.383. The second-order valence-corrected chi connectivity index (χ2v) is 6.57. The Hall–Kier alpha value is -0.640. The zero-order chi connectivity index (χ0) is 12.3. The van der Waals surface area contributed by atoms with Crippen molar-refractivity contribution in [1.82, 2.24) is 5.32 Å². The van der Waals surface area contributed by atoms with E-state index in [1.165, 1.54) is 20.5 Å². The number of halogens is 1. The van der Waals surface area contributed by atoms with Crippen molar-refractivity contribution in [2.45, 2.75) is 26.4 Å². The van der Waals surface area contributed by atoms with Crippen molar-refractivity contribution in [3.8, 4) is 0 Å². The fourth-order valence-corrected chi connectivity index (χ4v) is 2.98. The van der Waals surface area contributed by atoms with E-state index in [1.54, 1.807) is 11.3 Å². The lowest BCUT2D eigenvalue weighted by atomic mass is 10.1. The maximum absolute atomic E-state index is 3.54. The highest BCUT2D eigenvalue weighted by atomic mass is 79.9. The summed E-state index contributed by atoms with van der Waals surface area (Å²) in [7, 11) is 0. The molecule has 90 valence electrons. The molecule has 0 spiro atoms. The van der Waals surface area contributed by atoms with Crippen molar-refractivity contribution in [3.63, 3.8) is 0 Å². The van der Waals surface area contributed by atoms with Crippen LogP contribution in [0.2, 0.25) is 0 Å². The molecule has 1 nitrogen and oxygen atoms in total. The van der Waals surface area contributed by atoms with Gasteiger partial charge in [0.15, 0.2) is 0 Å². The van der Waals surface area contributed by atoms with E-state index in [0.29, 0.717) is 6.04 Å². The quantitative estimate of drug-likeness (QED) is 0.865. The molecule has 0 aliphatic rings. The first kappa shape index (κ1) is 12.8. The summed E-state index contributed by atoms with van der Waals surface area (Å²) >= 11 is 5.22. The van der Waals surface area contributed by atoms with Crippen molar-refractivity contribution >= 4 is 27.3 Å². The first-order chi connectivity index (χ1) is 8.15. The Morgan fingerprint density at radius 1 is 1.35 bits per heavy atom. The number of thiophene rings is 1. The van der Waals surface area contributed by atoms with E-state index in [9.17, 15) is 0 Å². The van der Waals surface area contributed by atoms with Gasteiger partial charge >= 0.3 is 0 Å². The second-order valence-electron chi connectivity index (χ2n) is 4.28. The smallest absolute Gasteiger partial charge is 0.0701 e. The third-order valence-corrected chi connectivity index (χ3v) is 4.33. The van der Waals surface area contributed by atoms with Crippen LogP contribution >= 0.6 is 27.3 Å². The fourth-order valence-electron chi connectivity index (χ4n) is 1.77. The molecule has 0 radical (unpaired) electrons. The first-order valence-electron chi connectivity index (χ1n) is 5.68. The number of hydrogen-bond donors (Lipinski definition) is 1. The van der Waals surface area contributed by atoms with E-state index < -0.39 is 0 Å². The Bertz CT molecular complexity index is 492. The highest BCUT2D eigenvalue weighted by Gasteiger charge is 2.05. The summed E-state index contributed by atoms with van der Waals surface area (Å²) in [6.45, 7) is 5.25. The molecule has 2 aromatic rings. The topological polar surface area (TPSA) is 12.0 Å². The van der Waals surface area contributed by atoms with Crippen LogP contribution in [0.4, 0.5) is 0 Å². The zero-order valence-corrected chi connectivity index (χ0v) is 12.4. The van der Waals surface area contributed by atoms with E-state index in [4.69, 9.17) is 0 Å². The van der Waals surface area contributed by atoms with Gasteiger partial charge in [0.25, 0.3) is 0 Å². The number of nitrogens with one attached hydrogen (secondary N) is 1. The van der Waals surface area contributed by atoms with Gasteiger partial charge in [-0.25, -0.2) is 0 Å². The fraction of sp³-hybridized carbons (Fsp3) is 0.286. The lowest BCUT2D eigenvalue weighted by Gasteiger charge is -2.14. The van der Waals surface area contributed by atoms with Gasteiger partial charge < -0.3 is 5.32 Å². The Kier molecular flexibility index (Phi) is 4.37. The first-order valence-corrected chi connectivity index (χ1v) is 7.35.